The number of aromatic nitrogens is 2. The highest BCUT2D eigenvalue weighted by atomic mass is 16.5. The van der Waals surface area contributed by atoms with Crippen LogP contribution in [0, 0.1) is 0 Å². The zero-order valence-corrected chi connectivity index (χ0v) is 10.2. The monoisotopic (exact) mass is 243 g/mol. The molecule has 1 aromatic heterocycles. The predicted octanol–water partition coefficient (Wildman–Crippen LogP) is 2.98. The van der Waals surface area contributed by atoms with Crippen LogP contribution in [0.4, 0.5) is 11.6 Å². The standard InChI is InChI=1S/C14H17N3O/c1-2-5-12(6-3-1)16-14-15-8-9-17(14)13-7-4-10-18-11-13/h1-3,5-6,8-9,13H,4,7,10-11H2,(H,15,16). The Balaban J connectivity index is 1.78. The molecule has 0 bridgehead atoms. The number of nitrogens with zero attached hydrogens (tertiary/aromatic N) is 2. The van der Waals surface area contributed by atoms with E-state index < -0.39 is 0 Å². The van der Waals surface area contributed by atoms with Crippen LogP contribution in [-0.4, -0.2) is 22.8 Å². The number of benzene rings is 1. The lowest BCUT2D eigenvalue weighted by Crippen LogP contribution is -2.21. The van der Waals surface area contributed by atoms with Gasteiger partial charge in [0, 0.05) is 24.7 Å². The van der Waals surface area contributed by atoms with Crippen molar-refractivity contribution in [3.63, 3.8) is 0 Å². The van der Waals surface area contributed by atoms with Gasteiger partial charge in [0.2, 0.25) is 5.95 Å². The van der Waals surface area contributed by atoms with Crippen LogP contribution in [-0.2, 0) is 4.74 Å². The second kappa shape index (κ2) is 5.23. The lowest BCUT2D eigenvalue weighted by Gasteiger charge is -2.25. The van der Waals surface area contributed by atoms with Crippen LogP contribution >= 0.6 is 0 Å². The number of hydrogen-bond donors (Lipinski definition) is 1. The average molecular weight is 243 g/mol. The Morgan fingerprint density at radius 3 is 2.94 bits per heavy atom. The molecule has 0 radical (unpaired) electrons. The molecule has 2 aromatic rings. The minimum absolute atomic E-state index is 0.396. The molecule has 94 valence electrons. The third kappa shape index (κ3) is 2.38. The van der Waals surface area contributed by atoms with E-state index in [1.807, 2.05) is 42.7 Å². The first-order chi connectivity index (χ1) is 8.93. The lowest BCUT2D eigenvalue weighted by atomic mass is 10.1. The van der Waals surface area contributed by atoms with Crippen molar-refractivity contribution >= 4 is 11.6 Å². The fourth-order valence-corrected chi connectivity index (χ4v) is 2.30. The topological polar surface area (TPSA) is 39.1 Å². The van der Waals surface area contributed by atoms with Crippen molar-refractivity contribution in [2.45, 2.75) is 18.9 Å². The molecular formula is C14H17N3O. The summed E-state index contributed by atoms with van der Waals surface area (Å²) in [5, 5.41) is 3.35. The normalized spacial score (nSPS) is 19.7. The second-order valence-corrected chi connectivity index (χ2v) is 4.52. The predicted molar refractivity (Wildman–Crippen MR) is 71.0 cm³/mol. The van der Waals surface area contributed by atoms with Crippen molar-refractivity contribution in [2.75, 3.05) is 18.5 Å². The summed E-state index contributed by atoms with van der Waals surface area (Å²) >= 11 is 0. The van der Waals surface area contributed by atoms with Crippen molar-refractivity contribution in [2.24, 2.45) is 0 Å². The van der Waals surface area contributed by atoms with Crippen LogP contribution in [0.2, 0.25) is 0 Å². The molecule has 1 atom stereocenters. The highest BCUT2D eigenvalue weighted by molar-refractivity contribution is 5.53. The maximum Gasteiger partial charge on any atom is 0.207 e. The van der Waals surface area contributed by atoms with Crippen LogP contribution in [0.3, 0.4) is 0 Å². The molecule has 1 aromatic carbocycles. The summed E-state index contributed by atoms with van der Waals surface area (Å²) in [5.74, 6) is 0.886. The van der Waals surface area contributed by atoms with E-state index in [9.17, 15) is 0 Å². The molecule has 1 N–H and O–H groups in total. The summed E-state index contributed by atoms with van der Waals surface area (Å²) in [6.07, 6.45) is 6.12. The third-order valence-electron chi connectivity index (χ3n) is 3.23. The van der Waals surface area contributed by atoms with Crippen LogP contribution in [0.25, 0.3) is 0 Å². The largest absolute Gasteiger partial charge is 0.379 e. The van der Waals surface area contributed by atoms with Crippen molar-refractivity contribution in [3.05, 3.63) is 42.7 Å². The second-order valence-electron chi connectivity index (χ2n) is 4.52. The minimum Gasteiger partial charge on any atom is -0.379 e. The summed E-state index contributed by atoms with van der Waals surface area (Å²) in [6.45, 7) is 1.66. The summed E-state index contributed by atoms with van der Waals surface area (Å²) in [7, 11) is 0. The van der Waals surface area contributed by atoms with E-state index in [-0.39, 0.29) is 0 Å². The third-order valence-corrected chi connectivity index (χ3v) is 3.23. The Morgan fingerprint density at radius 1 is 1.28 bits per heavy atom. The quantitative estimate of drug-likeness (QED) is 0.900. The number of ether oxygens (including phenoxy) is 1. The molecule has 18 heavy (non-hydrogen) atoms. The first-order valence-corrected chi connectivity index (χ1v) is 6.36. The number of anilines is 2. The molecule has 2 heterocycles. The molecule has 1 aliphatic rings. The Labute approximate surface area is 107 Å². The number of rotatable bonds is 3. The zero-order valence-electron chi connectivity index (χ0n) is 10.2. The fourth-order valence-electron chi connectivity index (χ4n) is 2.30. The van der Waals surface area contributed by atoms with Crippen molar-refractivity contribution in [3.8, 4) is 0 Å². The van der Waals surface area contributed by atoms with Gasteiger partial charge in [-0.05, 0) is 25.0 Å². The molecule has 1 unspecified atom stereocenters. The van der Waals surface area contributed by atoms with Crippen LogP contribution in [0.1, 0.15) is 18.9 Å². The summed E-state index contributed by atoms with van der Waals surface area (Å²) < 4.78 is 7.71. The van der Waals surface area contributed by atoms with Crippen LogP contribution in [0.15, 0.2) is 42.7 Å². The van der Waals surface area contributed by atoms with E-state index in [0.717, 1.165) is 37.7 Å². The molecular weight excluding hydrogens is 226 g/mol. The van der Waals surface area contributed by atoms with Gasteiger partial charge in [0.1, 0.15) is 0 Å². The van der Waals surface area contributed by atoms with Crippen molar-refractivity contribution in [1.29, 1.82) is 0 Å². The molecule has 0 amide bonds. The van der Waals surface area contributed by atoms with Crippen molar-refractivity contribution in [1.82, 2.24) is 9.55 Å². The van der Waals surface area contributed by atoms with Gasteiger partial charge >= 0.3 is 0 Å². The molecule has 1 aliphatic heterocycles. The average Bonchev–Trinajstić information content (AvgIpc) is 2.89. The first kappa shape index (κ1) is 11.3. The van der Waals surface area contributed by atoms with Gasteiger partial charge in [-0.15, -0.1) is 0 Å². The number of hydrogen-bond acceptors (Lipinski definition) is 3. The maximum absolute atomic E-state index is 5.53. The SMILES string of the molecule is c1ccc(Nc2nccn2C2CCCOC2)cc1. The van der Waals surface area contributed by atoms with Gasteiger partial charge in [0.25, 0.3) is 0 Å². The lowest BCUT2D eigenvalue weighted by molar-refractivity contribution is 0.0598. The number of imidazole rings is 1. The van der Waals surface area contributed by atoms with E-state index in [1.54, 1.807) is 0 Å². The smallest absolute Gasteiger partial charge is 0.207 e. The van der Waals surface area contributed by atoms with E-state index in [4.69, 9.17) is 4.74 Å². The summed E-state index contributed by atoms with van der Waals surface area (Å²) in [5.41, 5.74) is 1.06. The zero-order chi connectivity index (χ0) is 12.2. The highest BCUT2D eigenvalue weighted by Gasteiger charge is 2.18. The maximum atomic E-state index is 5.53. The van der Waals surface area contributed by atoms with Gasteiger partial charge in [-0.1, -0.05) is 18.2 Å². The molecule has 4 nitrogen and oxygen atoms in total. The van der Waals surface area contributed by atoms with E-state index >= 15 is 0 Å². The fraction of sp³-hybridized carbons (Fsp3) is 0.357. The summed E-state index contributed by atoms with van der Waals surface area (Å²) in [4.78, 5) is 4.38. The Hall–Kier alpha value is -1.81. The Morgan fingerprint density at radius 2 is 2.17 bits per heavy atom. The molecule has 0 spiro atoms. The van der Waals surface area contributed by atoms with Gasteiger partial charge in [-0.25, -0.2) is 4.98 Å². The van der Waals surface area contributed by atoms with Gasteiger partial charge < -0.3 is 14.6 Å². The van der Waals surface area contributed by atoms with Crippen LogP contribution < -0.4 is 5.32 Å². The van der Waals surface area contributed by atoms with Gasteiger partial charge in [0.05, 0.1) is 12.6 Å². The Kier molecular flexibility index (Phi) is 3.28. The molecule has 1 saturated heterocycles. The molecule has 0 saturated carbocycles. The first-order valence-electron chi connectivity index (χ1n) is 6.36. The summed E-state index contributed by atoms with van der Waals surface area (Å²) in [6, 6.07) is 10.5. The van der Waals surface area contributed by atoms with Gasteiger partial charge in [-0.2, -0.15) is 0 Å². The molecule has 3 rings (SSSR count). The van der Waals surface area contributed by atoms with E-state index in [0.29, 0.717) is 6.04 Å². The Bertz CT molecular complexity index is 489. The highest BCUT2D eigenvalue weighted by Crippen LogP contribution is 2.24. The molecule has 1 fully saturated rings. The number of nitrogens with one attached hydrogen (secondary N) is 1. The van der Waals surface area contributed by atoms with Crippen molar-refractivity contribution < 1.29 is 4.74 Å². The minimum atomic E-state index is 0.396. The molecule has 0 aliphatic carbocycles. The van der Waals surface area contributed by atoms with Crippen LogP contribution in [0.5, 0.6) is 0 Å². The van der Waals surface area contributed by atoms with Gasteiger partial charge in [-0.3, -0.25) is 0 Å². The van der Waals surface area contributed by atoms with Gasteiger partial charge in [0.15, 0.2) is 0 Å². The number of para-hydroxylation sites is 1. The van der Waals surface area contributed by atoms with E-state index in [1.165, 1.54) is 0 Å². The van der Waals surface area contributed by atoms with E-state index in [2.05, 4.69) is 14.9 Å². The molecule has 4 heteroatoms.